The number of hydrogen-bond donors (Lipinski definition) is 2. The second-order valence-electron chi connectivity index (χ2n) is 2.79. The zero-order valence-corrected chi connectivity index (χ0v) is 8.80. The summed E-state index contributed by atoms with van der Waals surface area (Å²) in [7, 11) is 1.22. The average molecular weight is 227 g/mol. The molecule has 88 valence electrons. The normalized spacial score (nSPS) is 9.56. The molecule has 0 aliphatic heterocycles. The lowest BCUT2D eigenvalue weighted by atomic mass is 10.3. The molecule has 0 atom stereocenters. The molecule has 0 spiro atoms. The van der Waals surface area contributed by atoms with E-state index in [0.29, 0.717) is 0 Å². The van der Waals surface area contributed by atoms with Gasteiger partial charge in [0.2, 0.25) is 0 Å². The third-order valence-corrected chi connectivity index (χ3v) is 1.67. The van der Waals surface area contributed by atoms with Gasteiger partial charge in [0.25, 0.3) is 0 Å². The summed E-state index contributed by atoms with van der Waals surface area (Å²) in [5.41, 5.74) is 0.788. The van der Waals surface area contributed by atoms with Crippen molar-refractivity contribution in [1.82, 2.24) is 0 Å². The molecule has 0 unspecified atom stereocenters. The van der Waals surface area contributed by atoms with Gasteiger partial charge in [-0.05, 0) is 24.3 Å². The van der Waals surface area contributed by atoms with Crippen molar-refractivity contribution < 1.29 is 24.1 Å². The molecule has 0 bridgehead atoms. The maximum atomic E-state index is 10.5. The van der Waals surface area contributed by atoms with E-state index in [9.17, 15) is 4.79 Å². The third-order valence-electron chi connectivity index (χ3n) is 1.67. The molecule has 6 nitrogen and oxygen atoms in total. The molecule has 1 aromatic rings. The molecule has 0 saturated carbocycles. The highest BCUT2D eigenvalue weighted by Crippen LogP contribution is 2.13. The van der Waals surface area contributed by atoms with Crippen LogP contribution in [0.2, 0.25) is 0 Å². The van der Waals surface area contributed by atoms with Gasteiger partial charge in [0.1, 0.15) is 12.5 Å². The van der Waals surface area contributed by atoms with Crippen molar-refractivity contribution in [2.75, 3.05) is 26.0 Å². The predicted octanol–water partition coefficient (Wildman–Crippen LogP) is 1.52. The van der Waals surface area contributed by atoms with Crippen LogP contribution in [-0.4, -0.2) is 31.9 Å². The molecular weight excluding hydrogens is 214 g/mol. The number of carbonyl (C=O) groups is 1. The Balaban J connectivity index is 2.11. The molecule has 6 heteroatoms. The Kier molecular flexibility index (Phi) is 4.94. The molecule has 0 aliphatic carbocycles. The number of aromatic hydroxyl groups is 1. The summed E-state index contributed by atoms with van der Waals surface area (Å²) in [5.74, 6) is 0.195. The van der Waals surface area contributed by atoms with E-state index in [-0.39, 0.29) is 19.3 Å². The Morgan fingerprint density at radius 3 is 2.69 bits per heavy atom. The Hall–Kier alpha value is -1.95. The van der Waals surface area contributed by atoms with Crippen molar-refractivity contribution in [2.24, 2.45) is 0 Å². The molecule has 1 rings (SSSR count). The molecule has 2 N–H and O–H groups in total. The minimum Gasteiger partial charge on any atom is -0.508 e. The number of anilines is 1. The number of carbonyl (C=O) groups excluding carboxylic acids is 1. The maximum absolute atomic E-state index is 10.5. The number of rotatable bonds is 5. The zero-order chi connectivity index (χ0) is 11.8. The van der Waals surface area contributed by atoms with E-state index in [1.807, 2.05) is 0 Å². The van der Waals surface area contributed by atoms with Crippen molar-refractivity contribution in [3.63, 3.8) is 0 Å². The summed E-state index contributed by atoms with van der Waals surface area (Å²) in [6.07, 6.45) is -0.787. The highest BCUT2D eigenvalue weighted by molar-refractivity contribution is 5.59. The number of nitrogens with one attached hydrogen (secondary N) is 1. The minimum absolute atomic E-state index is 0.182. The van der Waals surface area contributed by atoms with Crippen molar-refractivity contribution in [3.8, 4) is 5.75 Å². The molecular formula is C10H13NO5. The number of phenols is 1. The highest BCUT2D eigenvalue weighted by Gasteiger charge is 1.98. The standard InChI is InChI=1S/C10H13NO5/c1-14-10(13)16-7-15-6-11-8-2-4-9(12)5-3-8/h2-5,11-12H,6-7H2,1H3. The van der Waals surface area contributed by atoms with Crippen LogP contribution in [0.25, 0.3) is 0 Å². The van der Waals surface area contributed by atoms with Gasteiger partial charge in [0.05, 0.1) is 7.11 Å². The van der Waals surface area contributed by atoms with Gasteiger partial charge in [-0.3, -0.25) is 0 Å². The van der Waals surface area contributed by atoms with Gasteiger partial charge < -0.3 is 24.6 Å². The first-order chi connectivity index (χ1) is 7.72. The van der Waals surface area contributed by atoms with Gasteiger partial charge in [-0.2, -0.15) is 0 Å². The van der Waals surface area contributed by atoms with Crippen molar-refractivity contribution >= 4 is 11.8 Å². The Morgan fingerprint density at radius 1 is 1.38 bits per heavy atom. The summed E-state index contributed by atoms with van der Waals surface area (Å²) >= 11 is 0. The van der Waals surface area contributed by atoms with Gasteiger partial charge in [0.15, 0.2) is 6.79 Å². The van der Waals surface area contributed by atoms with Crippen LogP contribution in [0.1, 0.15) is 0 Å². The van der Waals surface area contributed by atoms with Crippen LogP contribution in [0.3, 0.4) is 0 Å². The van der Waals surface area contributed by atoms with E-state index in [2.05, 4.69) is 14.8 Å². The number of methoxy groups -OCH3 is 1. The highest BCUT2D eigenvalue weighted by atomic mass is 16.8. The summed E-state index contributed by atoms with van der Waals surface area (Å²) in [6.45, 7) is -0.000470. The number of ether oxygens (including phenoxy) is 3. The molecule has 0 fully saturated rings. The SMILES string of the molecule is COC(=O)OCOCNc1ccc(O)cc1. The van der Waals surface area contributed by atoms with E-state index >= 15 is 0 Å². The summed E-state index contributed by atoms with van der Waals surface area (Å²) in [4.78, 5) is 10.5. The summed E-state index contributed by atoms with van der Waals surface area (Å²) in [6, 6.07) is 6.49. The monoisotopic (exact) mass is 227 g/mol. The number of phenolic OH excluding ortho intramolecular Hbond substituents is 1. The average Bonchev–Trinajstić information content (AvgIpc) is 2.31. The molecule has 0 radical (unpaired) electrons. The fourth-order valence-electron chi connectivity index (χ4n) is 0.904. The molecule has 0 aliphatic rings. The first-order valence-corrected chi connectivity index (χ1v) is 4.54. The first-order valence-electron chi connectivity index (χ1n) is 4.54. The second kappa shape index (κ2) is 6.52. The smallest absolute Gasteiger partial charge is 0.508 e. The van der Waals surface area contributed by atoms with Crippen LogP contribution in [0.15, 0.2) is 24.3 Å². The van der Waals surface area contributed by atoms with Crippen molar-refractivity contribution in [3.05, 3.63) is 24.3 Å². The van der Waals surface area contributed by atoms with Crippen LogP contribution in [0.4, 0.5) is 10.5 Å². The molecule has 0 amide bonds. The zero-order valence-electron chi connectivity index (χ0n) is 8.80. The molecule has 1 aromatic carbocycles. The van der Waals surface area contributed by atoms with Crippen molar-refractivity contribution in [1.29, 1.82) is 0 Å². The van der Waals surface area contributed by atoms with Gasteiger partial charge in [-0.15, -0.1) is 0 Å². The lowest BCUT2D eigenvalue weighted by molar-refractivity contribution is -0.0336. The number of hydrogen-bond acceptors (Lipinski definition) is 6. The van der Waals surface area contributed by atoms with E-state index in [4.69, 9.17) is 9.84 Å². The topological polar surface area (TPSA) is 77.0 Å². The van der Waals surface area contributed by atoms with Crippen molar-refractivity contribution in [2.45, 2.75) is 0 Å². The van der Waals surface area contributed by atoms with Gasteiger partial charge >= 0.3 is 6.16 Å². The second-order valence-corrected chi connectivity index (χ2v) is 2.79. The van der Waals surface area contributed by atoms with E-state index in [0.717, 1.165) is 5.69 Å². The van der Waals surface area contributed by atoms with Crippen LogP contribution in [-0.2, 0) is 14.2 Å². The molecule has 0 aromatic heterocycles. The van der Waals surface area contributed by atoms with E-state index < -0.39 is 6.16 Å². The fourth-order valence-corrected chi connectivity index (χ4v) is 0.904. The van der Waals surface area contributed by atoms with Crippen LogP contribution < -0.4 is 5.32 Å². The lowest BCUT2D eigenvalue weighted by Gasteiger charge is -2.07. The first kappa shape index (κ1) is 12.1. The van der Waals surface area contributed by atoms with E-state index in [1.165, 1.54) is 7.11 Å². The fraction of sp³-hybridized carbons (Fsp3) is 0.300. The summed E-state index contributed by atoms with van der Waals surface area (Å²) < 4.78 is 13.7. The molecule has 16 heavy (non-hydrogen) atoms. The predicted molar refractivity (Wildman–Crippen MR) is 56.0 cm³/mol. The van der Waals surface area contributed by atoms with Crippen LogP contribution >= 0.6 is 0 Å². The van der Waals surface area contributed by atoms with Crippen LogP contribution in [0.5, 0.6) is 5.75 Å². The minimum atomic E-state index is -0.787. The Morgan fingerprint density at radius 2 is 2.06 bits per heavy atom. The van der Waals surface area contributed by atoms with Gasteiger partial charge in [-0.1, -0.05) is 0 Å². The Bertz CT molecular complexity index is 324. The lowest BCUT2D eigenvalue weighted by Crippen LogP contribution is -2.12. The largest absolute Gasteiger partial charge is 0.510 e. The maximum Gasteiger partial charge on any atom is 0.510 e. The molecule has 0 heterocycles. The number of benzene rings is 1. The van der Waals surface area contributed by atoms with Crippen LogP contribution in [0, 0.1) is 0 Å². The summed E-state index contributed by atoms with van der Waals surface area (Å²) in [5, 5.41) is 11.9. The molecule has 0 saturated heterocycles. The van der Waals surface area contributed by atoms with Gasteiger partial charge in [0, 0.05) is 5.69 Å². The quantitative estimate of drug-likeness (QED) is 0.343. The van der Waals surface area contributed by atoms with E-state index in [1.54, 1.807) is 24.3 Å². The van der Waals surface area contributed by atoms with Gasteiger partial charge in [-0.25, -0.2) is 4.79 Å². The third kappa shape index (κ3) is 4.52. The Labute approximate surface area is 92.7 Å².